The van der Waals surface area contributed by atoms with E-state index in [1.165, 1.54) is 0 Å². The summed E-state index contributed by atoms with van der Waals surface area (Å²) in [5.41, 5.74) is 0.943. The maximum Gasteiger partial charge on any atom is 0.119 e. The first-order chi connectivity index (χ1) is 6.54. The Balaban J connectivity index is 2.74. The Labute approximate surface area is 85.6 Å². The summed E-state index contributed by atoms with van der Waals surface area (Å²) in [7, 11) is 0. The van der Waals surface area contributed by atoms with Crippen LogP contribution in [0.5, 0.6) is 0 Å². The van der Waals surface area contributed by atoms with Gasteiger partial charge in [-0.05, 0) is 17.5 Å². The van der Waals surface area contributed by atoms with Crippen LogP contribution in [0.15, 0.2) is 30.3 Å². The first kappa shape index (κ1) is 10.6. The zero-order valence-electron chi connectivity index (χ0n) is 8.91. The quantitative estimate of drug-likeness (QED) is 0.774. The van der Waals surface area contributed by atoms with E-state index >= 15 is 0 Å². The zero-order chi connectivity index (χ0) is 10.6. The molecule has 0 bridgehead atoms. The average molecular weight is 188 g/mol. The Morgan fingerprint density at radius 2 is 1.79 bits per heavy atom. The van der Waals surface area contributed by atoms with Gasteiger partial charge < -0.3 is 5.32 Å². The van der Waals surface area contributed by atoms with Crippen LogP contribution in [-0.2, 0) is 0 Å². The third-order valence-corrected chi connectivity index (χ3v) is 2.08. The molecule has 1 aromatic rings. The van der Waals surface area contributed by atoms with Crippen LogP contribution in [-0.4, -0.2) is 6.04 Å². The van der Waals surface area contributed by atoms with Gasteiger partial charge in [0, 0.05) is 5.69 Å². The Morgan fingerprint density at radius 1 is 1.21 bits per heavy atom. The average Bonchev–Trinajstić information content (AvgIpc) is 2.14. The van der Waals surface area contributed by atoms with Crippen molar-refractivity contribution in [3.63, 3.8) is 0 Å². The lowest BCUT2D eigenvalue weighted by molar-refractivity contribution is 0.390. The van der Waals surface area contributed by atoms with Crippen molar-refractivity contribution in [3.8, 4) is 6.07 Å². The predicted molar refractivity (Wildman–Crippen MR) is 58.9 cm³/mol. The molecule has 2 nitrogen and oxygen atoms in total. The van der Waals surface area contributed by atoms with Gasteiger partial charge in [0.05, 0.1) is 6.07 Å². The molecule has 0 radical (unpaired) electrons. The molecule has 1 atom stereocenters. The van der Waals surface area contributed by atoms with Crippen LogP contribution in [0.1, 0.15) is 20.8 Å². The molecule has 0 aliphatic heterocycles. The maximum atomic E-state index is 9.01. The van der Waals surface area contributed by atoms with Gasteiger partial charge in [-0.1, -0.05) is 39.0 Å². The molecule has 0 amide bonds. The van der Waals surface area contributed by atoms with E-state index in [0.717, 1.165) is 5.69 Å². The molecule has 0 heterocycles. The number of benzene rings is 1. The standard InChI is InChI=1S/C12H16N2/c1-12(2,3)11(9-13)14-10-7-5-4-6-8-10/h4-8,11,14H,1-3H3. The molecule has 1 N–H and O–H groups in total. The molecule has 2 heteroatoms. The van der Waals surface area contributed by atoms with Gasteiger partial charge in [-0.3, -0.25) is 0 Å². The summed E-state index contributed by atoms with van der Waals surface area (Å²) in [6.45, 7) is 6.16. The third-order valence-electron chi connectivity index (χ3n) is 2.08. The van der Waals surface area contributed by atoms with Gasteiger partial charge in [-0.15, -0.1) is 0 Å². The summed E-state index contributed by atoms with van der Waals surface area (Å²) < 4.78 is 0. The van der Waals surface area contributed by atoms with Crippen LogP contribution in [0, 0.1) is 16.7 Å². The Hall–Kier alpha value is -1.49. The van der Waals surface area contributed by atoms with E-state index in [0.29, 0.717) is 0 Å². The summed E-state index contributed by atoms with van der Waals surface area (Å²) >= 11 is 0. The minimum Gasteiger partial charge on any atom is -0.369 e. The zero-order valence-corrected chi connectivity index (χ0v) is 8.91. The predicted octanol–water partition coefficient (Wildman–Crippen LogP) is 3.04. The minimum absolute atomic E-state index is 0.0510. The highest BCUT2D eigenvalue weighted by atomic mass is 14.9. The van der Waals surface area contributed by atoms with Crippen LogP contribution in [0.3, 0.4) is 0 Å². The number of nitrogens with zero attached hydrogens (tertiary/aromatic N) is 1. The van der Waals surface area contributed by atoms with Crippen molar-refractivity contribution >= 4 is 5.69 Å². The van der Waals surface area contributed by atoms with Crippen LogP contribution in [0.4, 0.5) is 5.69 Å². The second-order valence-electron chi connectivity index (χ2n) is 4.44. The highest BCUT2D eigenvalue weighted by Gasteiger charge is 2.23. The fourth-order valence-corrected chi connectivity index (χ4v) is 1.14. The number of nitriles is 1. The Kier molecular flexibility index (Phi) is 3.14. The second-order valence-corrected chi connectivity index (χ2v) is 4.44. The van der Waals surface area contributed by atoms with Gasteiger partial charge in [-0.2, -0.15) is 5.26 Å². The molecule has 1 rings (SSSR count). The van der Waals surface area contributed by atoms with Gasteiger partial charge in [0.1, 0.15) is 6.04 Å². The van der Waals surface area contributed by atoms with E-state index in [-0.39, 0.29) is 11.5 Å². The molecule has 14 heavy (non-hydrogen) atoms. The lowest BCUT2D eigenvalue weighted by Gasteiger charge is -2.26. The third kappa shape index (κ3) is 2.77. The van der Waals surface area contributed by atoms with E-state index in [1.807, 2.05) is 30.3 Å². The molecule has 0 saturated heterocycles. The van der Waals surface area contributed by atoms with Crippen LogP contribution in [0.2, 0.25) is 0 Å². The normalized spacial score (nSPS) is 13.0. The summed E-state index contributed by atoms with van der Waals surface area (Å²) in [4.78, 5) is 0. The van der Waals surface area contributed by atoms with Crippen LogP contribution >= 0.6 is 0 Å². The SMILES string of the molecule is CC(C)(C)C(C#N)Nc1ccccc1. The van der Waals surface area contributed by atoms with Crippen molar-refractivity contribution in [1.29, 1.82) is 5.26 Å². The molecule has 74 valence electrons. The first-order valence-electron chi connectivity index (χ1n) is 4.75. The smallest absolute Gasteiger partial charge is 0.119 e. The Morgan fingerprint density at radius 3 is 2.21 bits per heavy atom. The number of hydrogen-bond donors (Lipinski definition) is 1. The van der Waals surface area contributed by atoms with Crippen molar-refractivity contribution < 1.29 is 0 Å². The summed E-state index contributed by atoms with van der Waals surface area (Å²) in [5.74, 6) is 0. The van der Waals surface area contributed by atoms with E-state index in [1.54, 1.807) is 0 Å². The number of nitrogens with one attached hydrogen (secondary N) is 1. The molecule has 0 fully saturated rings. The van der Waals surface area contributed by atoms with E-state index in [9.17, 15) is 0 Å². The maximum absolute atomic E-state index is 9.01. The second kappa shape index (κ2) is 4.15. The molecule has 0 spiro atoms. The first-order valence-corrected chi connectivity index (χ1v) is 4.75. The van der Waals surface area contributed by atoms with Gasteiger partial charge in [0.2, 0.25) is 0 Å². The molecular weight excluding hydrogens is 172 g/mol. The number of rotatable bonds is 2. The highest BCUT2D eigenvalue weighted by molar-refractivity contribution is 5.45. The topological polar surface area (TPSA) is 35.8 Å². The van der Waals surface area contributed by atoms with E-state index < -0.39 is 0 Å². The largest absolute Gasteiger partial charge is 0.369 e. The monoisotopic (exact) mass is 188 g/mol. The lowest BCUT2D eigenvalue weighted by atomic mass is 9.87. The lowest BCUT2D eigenvalue weighted by Crippen LogP contribution is -2.32. The van der Waals surface area contributed by atoms with Crippen molar-refractivity contribution in [1.82, 2.24) is 0 Å². The number of hydrogen-bond acceptors (Lipinski definition) is 2. The van der Waals surface area contributed by atoms with Gasteiger partial charge in [0.15, 0.2) is 0 Å². The van der Waals surface area contributed by atoms with E-state index in [4.69, 9.17) is 5.26 Å². The van der Waals surface area contributed by atoms with Gasteiger partial charge in [0.25, 0.3) is 0 Å². The van der Waals surface area contributed by atoms with Crippen LogP contribution in [0.25, 0.3) is 0 Å². The Bertz CT molecular complexity index is 316. The van der Waals surface area contributed by atoms with Gasteiger partial charge in [-0.25, -0.2) is 0 Å². The van der Waals surface area contributed by atoms with E-state index in [2.05, 4.69) is 32.2 Å². The van der Waals surface area contributed by atoms with Crippen molar-refractivity contribution in [2.45, 2.75) is 26.8 Å². The molecular formula is C12H16N2. The van der Waals surface area contributed by atoms with Crippen molar-refractivity contribution in [3.05, 3.63) is 30.3 Å². The summed E-state index contributed by atoms with van der Waals surface area (Å²) in [6, 6.07) is 11.9. The number of para-hydroxylation sites is 1. The fraction of sp³-hybridized carbons (Fsp3) is 0.417. The summed E-state index contributed by atoms with van der Waals surface area (Å²) in [5, 5.41) is 12.2. The molecule has 0 saturated carbocycles. The molecule has 1 unspecified atom stereocenters. The molecule has 1 aromatic carbocycles. The fourth-order valence-electron chi connectivity index (χ4n) is 1.14. The highest BCUT2D eigenvalue weighted by Crippen LogP contribution is 2.22. The van der Waals surface area contributed by atoms with Crippen LogP contribution < -0.4 is 5.32 Å². The van der Waals surface area contributed by atoms with Gasteiger partial charge >= 0.3 is 0 Å². The molecule has 0 aliphatic rings. The molecule has 0 aliphatic carbocycles. The van der Waals surface area contributed by atoms with Crippen molar-refractivity contribution in [2.75, 3.05) is 5.32 Å². The molecule has 0 aromatic heterocycles. The van der Waals surface area contributed by atoms with Crippen molar-refractivity contribution in [2.24, 2.45) is 5.41 Å². The number of anilines is 1. The summed E-state index contributed by atoms with van der Waals surface area (Å²) in [6.07, 6.45) is 0. The minimum atomic E-state index is -0.162.